The third kappa shape index (κ3) is 8.53. The van der Waals surface area contributed by atoms with Crippen LogP contribution in [0.25, 0.3) is 0 Å². The van der Waals surface area contributed by atoms with Crippen molar-refractivity contribution in [3.8, 4) is 0 Å². The van der Waals surface area contributed by atoms with E-state index in [4.69, 9.17) is 0 Å². The van der Waals surface area contributed by atoms with Crippen molar-refractivity contribution in [2.24, 2.45) is 5.92 Å². The average Bonchev–Trinajstić information content (AvgIpc) is 2.45. The van der Waals surface area contributed by atoms with Crippen molar-refractivity contribution in [2.75, 3.05) is 20.1 Å². The molecule has 0 spiro atoms. The van der Waals surface area contributed by atoms with Crippen molar-refractivity contribution in [3.63, 3.8) is 0 Å². The number of rotatable bonds is 7. The Hall–Kier alpha value is -2.09. The highest BCUT2D eigenvalue weighted by molar-refractivity contribution is 5.95. The van der Waals surface area contributed by atoms with Crippen LogP contribution in [-0.4, -0.2) is 37.0 Å². The smallest absolute Gasteiger partial charge is 0.338 e. The molecule has 140 valence electrons. The van der Waals surface area contributed by atoms with E-state index < -0.39 is 23.7 Å². The lowest BCUT2D eigenvalue weighted by molar-refractivity contribution is -0.137. The molecule has 2 N–H and O–H groups in total. The number of nitrogens with zero attached hydrogens (tertiary/aromatic N) is 1. The van der Waals surface area contributed by atoms with E-state index in [1.54, 1.807) is 11.9 Å². The third-order valence-electron chi connectivity index (χ3n) is 3.41. The van der Waals surface area contributed by atoms with Crippen LogP contribution in [0, 0.1) is 5.92 Å². The van der Waals surface area contributed by atoms with Gasteiger partial charge in [-0.05, 0) is 37.1 Å². The van der Waals surface area contributed by atoms with Crippen LogP contribution in [-0.2, 0) is 17.5 Å². The number of carbonyl (C=O) groups excluding carboxylic acids is 2. The van der Waals surface area contributed by atoms with Crippen LogP contribution in [0.5, 0.6) is 0 Å². The van der Waals surface area contributed by atoms with E-state index in [9.17, 15) is 22.8 Å². The Morgan fingerprint density at radius 3 is 2.28 bits per heavy atom. The molecule has 25 heavy (non-hydrogen) atoms. The second kappa shape index (κ2) is 9.41. The van der Waals surface area contributed by atoms with Crippen LogP contribution in [0.15, 0.2) is 24.3 Å². The predicted molar refractivity (Wildman–Crippen MR) is 88.8 cm³/mol. The van der Waals surface area contributed by atoms with Crippen molar-refractivity contribution in [3.05, 3.63) is 35.4 Å². The molecule has 0 saturated carbocycles. The summed E-state index contributed by atoms with van der Waals surface area (Å²) in [6.07, 6.45) is -3.55. The van der Waals surface area contributed by atoms with E-state index >= 15 is 0 Å². The highest BCUT2D eigenvalue weighted by Crippen LogP contribution is 2.29. The molecule has 0 aliphatic rings. The lowest BCUT2D eigenvalue weighted by atomic mass is 10.1. The summed E-state index contributed by atoms with van der Waals surface area (Å²) >= 11 is 0. The fourth-order valence-corrected chi connectivity index (χ4v) is 2.10. The first-order chi connectivity index (χ1) is 11.6. The number of halogens is 3. The molecule has 1 rings (SSSR count). The summed E-state index contributed by atoms with van der Waals surface area (Å²) in [6, 6.07) is 4.20. The summed E-state index contributed by atoms with van der Waals surface area (Å²) in [5, 5.41) is 4.81. The summed E-state index contributed by atoms with van der Waals surface area (Å²) in [5.74, 6) is -0.0256. The van der Waals surface area contributed by atoms with Crippen LogP contribution in [0.4, 0.5) is 18.0 Å². The number of amides is 3. The Morgan fingerprint density at radius 2 is 1.76 bits per heavy atom. The van der Waals surface area contributed by atoms with Crippen LogP contribution in [0.2, 0.25) is 0 Å². The van der Waals surface area contributed by atoms with E-state index in [0.717, 1.165) is 18.6 Å². The second-order valence-electron chi connectivity index (χ2n) is 6.35. The molecule has 5 nitrogen and oxygen atoms in total. The predicted octanol–water partition coefficient (Wildman–Crippen LogP) is 3.01. The minimum absolute atomic E-state index is 0.0430. The zero-order valence-corrected chi connectivity index (χ0v) is 14.6. The summed E-state index contributed by atoms with van der Waals surface area (Å²) in [7, 11) is 1.65. The minimum atomic E-state index is -4.37. The number of carbonyl (C=O) groups is 2. The number of imide groups is 1. The van der Waals surface area contributed by atoms with Gasteiger partial charge in [0.05, 0.1) is 12.1 Å². The Balaban J connectivity index is 2.39. The molecular weight excluding hydrogens is 335 g/mol. The van der Waals surface area contributed by atoms with Crippen LogP contribution >= 0.6 is 0 Å². The van der Waals surface area contributed by atoms with E-state index in [1.807, 2.05) is 13.8 Å². The summed E-state index contributed by atoms with van der Waals surface area (Å²) in [5.41, 5.74) is -0.0700. The molecule has 1 aromatic carbocycles. The molecule has 3 amide bonds. The second-order valence-corrected chi connectivity index (χ2v) is 6.35. The first-order valence-corrected chi connectivity index (χ1v) is 8.00. The number of nitrogens with one attached hydrogen (secondary N) is 2. The first-order valence-electron chi connectivity index (χ1n) is 8.00. The van der Waals surface area contributed by atoms with E-state index in [0.29, 0.717) is 24.6 Å². The Kier molecular flexibility index (Phi) is 7.89. The molecule has 0 fully saturated rings. The Labute approximate surface area is 145 Å². The van der Waals surface area contributed by atoms with Crippen LogP contribution < -0.4 is 10.6 Å². The molecular formula is C17H24F3N3O2. The SMILES string of the molecule is CC(C)CCNC(=O)NC(=O)CN(C)Cc1ccc(C(F)(F)F)cc1. The molecule has 0 unspecified atom stereocenters. The van der Waals surface area contributed by atoms with Crippen LogP contribution in [0.3, 0.4) is 0 Å². The monoisotopic (exact) mass is 359 g/mol. The molecule has 0 heterocycles. The van der Waals surface area contributed by atoms with Crippen molar-refractivity contribution in [2.45, 2.75) is 33.0 Å². The van der Waals surface area contributed by atoms with E-state index in [1.165, 1.54) is 12.1 Å². The highest BCUT2D eigenvalue weighted by atomic mass is 19.4. The third-order valence-corrected chi connectivity index (χ3v) is 3.41. The van der Waals surface area contributed by atoms with Gasteiger partial charge >= 0.3 is 12.2 Å². The average molecular weight is 359 g/mol. The van der Waals surface area contributed by atoms with Gasteiger partial charge in [0.25, 0.3) is 0 Å². The van der Waals surface area contributed by atoms with Crippen molar-refractivity contribution in [1.82, 2.24) is 15.5 Å². The lowest BCUT2D eigenvalue weighted by Gasteiger charge is -2.17. The topological polar surface area (TPSA) is 61.4 Å². The summed E-state index contributed by atoms with van der Waals surface area (Å²) < 4.78 is 37.5. The van der Waals surface area contributed by atoms with Crippen molar-refractivity contribution in [1.29, 1.82) is 0 Å². The summed E-state index contributed by atoms with van der Waals surface area (Å²) in [6.45, 7) is 4.79. The fourth-order valence-electron chi connectivity index (χ4n) is 2.10. The van der Waals surface area contributed by atoms with Gasteiger partial charge in [-0.25, -0.2) is 4.79 Å². The lowest BCUT2D eigenvalue weighted by Crippen LogP contribution is -2.44. The Bertz CT molecular complexity index is 571. The van der Waals surface area contributed by atoms with Gasteiger partial charge in [-0.3, -0.25) is 15.0 Å². The van der Waals surface area contributed by atoms with Gasteiger partial charge in [0.2, 0.25) is 5.91 Å². The van der Waals surface area contributed by atoms with Crippen molar-refractivity contribution >= 4 is 11.9 Å². The quantitative estimate of drug-likeness (QED) is 0.787. The van der Waals surface area contributed by atoms with Crippen molar-refractivity contribution < 1.29 is 22.8 Å². The minimum Gasteiger partial charge on any atom is -0.338 e. The van der Waals surface area contributed by atoms with Gasteiger partial charge in [-0.1, -0.05) is 26.0 Å². The number of hydrogen-bond acceptors (Lipinski definition) is 3. The van der Waals surface area contributed by atoms with E-state index in [2.05, 4.69) is 10.6 Å². The van der Waals surface area contributed by atoms with Gasteiger partial charge in [0, 0.05) is 13.1 Å². The molecule has 1 aromatic rings. The molecule has 0 aliphatic heterocycles. The maximum Gasteiger partial charge on any atom is 0.416 e. The van der Waals surface area contributed by atoms with Gasteiger partial charge in [-0.15, -0.1) is 0 Å². The fraction of sp³-hybridized carbons (Fsp3) is 0.529. The Morgan fingerprint density at radius 1 is 1.16 bits per heavy atom. The largest absolute Gasteiger partial charge is 0.416 e. The molecule has 0 aliphatic carbocycles. The maximum atomic E-state index is 12.5. The highest BCUT2D eigenvalue weighted by Gasteiger charge is 2.29. The number of benzene rings is 1. The summed E-state index contributed by atoms with van der Waals surface area (Å²) in [4.78, 5) is 24.9. The molecule has 0 radical (unpaired) electrons. The number of urea groups is 1. The first kappa shape index (κ1) is 21.0. The normalized spacial score (nSPS) is 11.7. The molecule has 0 saturated heterocycles. The molecule has 0 bridgehead atoms. The van der Waals surface area contributed by atoms with Crippen LogP contribution in [0.1, 0.15) is 31.4 Å². The zero-order valence-electron chi connectivity index (χ0n) is 14.6. The van der Waals surface area contributed by atoms with E-state index in [-0.39, 0.29) is 6.54 Å². The standard InChI is InChI=1S/C17H24F3N3O2/c1-12(2)8-9-21-16(25)22-15(24)11-23(3)10-13-4-6-14(7-5-13)17(18,19)20/h4-7,12H,8-11H2,1-3H3,(H2,21,22,24,25). The van der Waals surface area contributed by atoms with Gasteiger partial charge in [0.15, 0.2) is 0 Å². The number of alkyl halides is 3. The zero-order chi connectivity index (χ0) is 19.0. The van der Waals surface area contributed by atoms with Gasteiger partial charge in [-0.2, -0.15) is 13.2 Å². The number of likely N-dealkylation sites (N-methyl/N-ethyl adjacent to an activating group) is 1. The molecule has 0 atom stereocenters. The number of hydrogen-bond donors (Lipinski definition) is 2. The maximum absolute atomic E-state index is 12.5. The molecule has 0 aromatic heterocycles. The molecule has 8 heteroatoms. The van der Waals surface area contributed by atoms with Gasteiger partial charge in [0.1, 0.15) is 0 Å². The van der Waals surface area contributed by atoms with Gasteiger partial charge < -0.3 is 5.32 Å².